The second-order valence-corrected chi connectivity index (χ2v) is 7.65. The molecule has 0 bridgehead atoms. The summed E-state index contributed by atoms with van der Waals surface area (Å²) in [5.74, 6) is 0.584. The molecule has 26 heavy (non-hydrogen) atoms. The second kappa shape index (κ2) is 9.93. The predicted octanol–water partition coefficient (Wildman–Crippen LogP) is 2.29. The lowest BCUT2D eigenvalue weighted by Crippen LogP contribution is -2.52. The van der Waals surface area contributed by atoms with Gasteiger partial charge in [-0.3, -0.25) is 0 Å². The summed E-state index contributed by atoms with van der Waals surface area (Å²) in [6, 6.07) is 10.8. The summed E-state index contributed by atoms with van der Waals surface area (Å²) in [5, 5.41) is 3.19. The molecule has 0 aromatic heterocycles. The van der Waals surface area contributed by atoms with E-state index in [1.807, 2.05) is 4.90 Å². The molecule has 2 saturated heterocycles. The van der Waals surface area contributed by atoms with Gasteiger partial charge in [0.15, 0.2) is 0 Å². The van der Waals surface area contributed by atoms with Gasteiger partial charge in [0.1, 0.15) is 0 Å². The highest BCUT2D eigenvalue weighted by Gasteiger charge is 2.23. The SMILES string of the molecule is CCN1CCN(C(=O)NCC2CCCN(CCc3ccccc3)C2)CC1. The lowest BCUT2D eigenvalue weighted by Gasteiger charge is -2.35. The Labute approximate surface area is 158 Å². The number of likely N-dealkylation sites (N-methyl/N-ethyl adjacent to an activating group) is 1. The van der Waals surface area contributed by atoms with E-state index in [-0.39, 0.29) is 6.03 Å². The molecular weight excluding hydrogens is 324 g/mol. The summed E-state index contributed by atoms with van der Waals surface area (Å²) in [7, 11) is 0. The van der Waals surface area contributed by atoms with E-state index in [1.165, 1.54) is 24.9 Å². The van der Waals surface area contributed by atoms with E-state index in [9.17, 15) is 4.79 Å². The zero-order valence-electron chi connectivity index (χ0n) is 16.2. The molecule has 1 N–H and O–H groups in total. The Morgan fingerprint density at radius 3 is 2.58 bits per heavy atom. The van der Waals surface area contributed by atoms with Crippen molar-refractivity contribution in [2.24, 2.45) is 5.92 Å². The summed E-state index contributed by atoms with van der Waals surface area (Å²) in [4.78, 5) is 19.3. The minimum absolute atomic E-state index is 0.127. The fraction of sp³-hybridized carbons (Fsp3) is 0.667. The number of amides is 2. The molecule has 5 heteroatoms. The van der Waals surface area contributed by atoms with Crippen LogP contribution >= 0.6 is 0 Å². The number of piperidine rings is 1. The van der Waals surface area contributed by atoms with Gasteiger partial charge in [-0.25, -0.2) is 4.79 Å². The van der Waals surface area contributed by atoms with Crippen molar-refractivity contribution in [1.29, 1.82) is 0 Å². The van der Waals surface area contributed by atoms with Gasteiger partial charge in [0.2, 0.25) is 0 Å². The highest BCUT2D eigenvalue weighted by molar-refractivity contribution is 5.74. The van der Waals surface area contributed by atoms with Gasteiger partial charge in [0.25, 0.3) is 0 Å². The van der Waals surface area contributed by atoms with Crippen LogP contribution in [0.25, 0.3) is 0 Å². The smallest absolute Gasteiger partial charge is 0.317 e. The van der Waals surface area contributed by atoms with E-state index in [2.05, 4.69) is 52.4 Å². The van der Waals surface area contributed by atoms with Crippen molar-refractivity contribution in [3.63, 3.8) is 0 Å². The highest BCUT2D eigenvalue weighted by Crippen LogP contribution is 2.16. The van der Waals surface area contributed by atoms with Crippen molar-refractivity contribution in [1.82, 2.24) is 20.0 Å². The maximum atomic E-state index is 12.4. The first kappa shape index (κ1) is 19.2. The van der Waals surface area contributed by atoms with E-state index in [1.54, 1.807) is 0 Å². The van der Waals surface area contributed by atoms with Crippen LogP contribution in [0.15, 0.2) is 30.3 Å². The van der Waals surface area contributed by atoms with E-state index in [4.69, 9.17) is 0 Å². The number of hydrogen-bond donors (Lipinski definition) is 1. The van der Waals surface area contributed by atoms with Gasteiger partial charge in [-0.2, -0.15) is 0 Å². The summed E-state index contributed by atoms with van der Waals surface area (Å²) >= 11 is 0. The molecule has 1 unspecified atom stereocenters. The van der Waals surface area contributed by atoms with Crippen LogP contribution in [0.5, 0.6) is 0 Å². The number of hydrogen-bond acceptors (Lipinski definition) is 3. The molecule has 1 atom stereocenters. The number of urea groups is 1. The van der Waals surface area contributed by atoms with Crippen molar-refractivity contribution >= 4 is 6.03 Å². The first-order valence-corrected chi connectivity index (χ1v) is 10.3. The van der Waals surface area contributed by atoms with Crippen LogP contribution in [-0.2, 0) is 6.42 Å². The van der Waals surface area contributed by atoms with Crippen LogP contribution in [0.4, 0.5) is 4.79 Å². The van der Waals surface area contributed by atoms with E-state index in [0.717, 1.165) is 58.8 Å². The average Bonchev–Trinajstić information content (AvgIpc) is 2.71. The van der Waals surface area contributed by atoms with Crippen molar-refractivity contribution < 1.29 is 4.79 Å². The zero-order chi connectivity index (χ0) is 18.2. The lowest BCUT2D eigenvalue weighted by molar-refractivity contribution is 0.137. The third kappa shape index (κ3) is 5.71. The number of nitrogens with one attached hydrogen (secondary N) is 1. The molecule has 1 aromatic carbocycles. The molecule has 0 saturated carbocycles. The summed E-state index contributed by atoms with van der Waals surface area (Å²) in [6.45, 7) is 11.2. The molecule has 0 aliphatic carbocycles. The van der Waals surface area contributed by atoms with Crippen molar-refractivity contribution in [3.05, 3.63) is 35.9 Å². The maximum absolute atomic E-state index is 12.4. The van der Waals surface area contributed by atoms with Crippen LogP contribution < -0.4 is 5.32 Å². The molecule has 5 nitrogen and oxygen atoms in total. The molecule has 2 heterocycles. The van der Waals surface area contributed by atoms with Gasteiger partial charge >= 0.3 is 6.03 Å². The van der Waals surface area contributed by atoms with Crippen LogP contribution in [0, 0.1) is 5.92 Å². The molecule has 2 fully saturated rings. The number of carbonyl (C=O) groups excluding carboxylic acids is 1. The van der Waals surface area contributed by atoms with Gasteiger partial charge in [-0.15, -0.1) is 0 Å². The van der Waals surface area contributed by atoms with Gasteiger partial charge in [0.05, 0.1) is 0 Å². The molecule has 2 amide bonds. The first-order valence-electron chi connectivity index (χ1n) is 10.3. The second-order valence-electron chi connectivity index (χ2n) is 7.65. The van der Waals surface area contributed by atoms with Gasteiger partial charge in [-0.05, 0) is 43.8 Å². The molecule has 0 radical (unpaired) electrons. The van der Waals surface area contributed by atoms with Crippen LogP contribution in [0.3, 0.4) is 0 Å². The molecular formula is C21H34N4O. The zero-order valence-corrected chi connectivity index (χ0v) is 16.2. The summed E-state index contributed by atoms with van der Waals surface area (Å²) in [6.07, 6.45) is 3.58. The molecule has 2 aliphatic heterocycles. The van der Waals surface area contributed by atoms with Gasteiger partial charge < -0.3 is 20.0 Å². The fourth-order valence-corrected chi connectivity index (χ4v) is 4.06. The van der Waals surface area contributed by atoms with Gasteiger partial charge in [-0.1, -0.05) is 37.3 Å². The largest absolute Gasteiger partial charge is 0.338 e. The van der Waals surface area contributed by atoms with Crippen molar-refractivity contribution in [2.45, 2.75) is 26.2 Å². The quantitative estimate of drug-likeness (QED) is 0.848. The molecule has 1 aromatic rings. The Morgan fingerprint density at radius 1 is 1.08 bits per heavy atom. The monoisotopic (exact) mass is 358 g/mol. The number of likely N-dealkylation sites (tertiary alicyclic amines) is 1. The Hall–Kier alpha value is -1.59. The summed E-state index contributed by atoms with van der Waals surface area (Å²) < 4.78 is 0. The normalized spacial score (nSPS) is 22.3. The maximum Gasteiger partial charge on any atom is 0.317 e. The average molecular weight is 359 g/mol. The molecule has 0 spiro atoms. The summed E-state index contributed by atoms with van der Waals surface area (Å²) in [5.41, 5.74) is 1.41. The Kier molecular flexibility index (Phi) is 7.32. The Balaban J connectivity index is 1.36. The van der Waals surface area contributed by atoms with E-state index < -0.39 is 0 Å². The number of nitrogens with zero attached hydrogens (tertiary/aromatic N) is 3. The van der Waals surface area contributed by atoms with Crippen LogP contribution in [-0.4, -0.2) is 79.6 Å². The molecule has 144 valence electrons. The lowest BCUT2D eigenvalue weighted by atomic mass is 9.97. The van der Waals surface area contributed by atoms with Crippen LogP contribution in [0.1, 0.15) is 25.3 Å². The minimum atomic E-state index is 0.127. The first-order chi connectivity index (χ1) is 12.7. The predicted molar refractivity (Wildman–Crippen MR) is 106 cm³/mol. The molecule has 2 aliphatic rings. The minimum Gasteiger partial charge on any atom is -0.338 e. The van der Waals surface area contributed by atoms with E-state index in [0.29, 0.717) is 5.92 Å². The third-order valence-corrected chi connectivity index (χ3v) is 5.81. The van der Waals surface area contributed by atoms with Crippen molar-refractivity contribution in [2.75, 3.05) is 58.9 Å². The van der Waals surface area contributed by atoms with Gasteiger partial charge in [0, 0.05) is 45.8 Å². The Bertz CT molecular complexity index is 542. The Morgan fingerprint density at radius 2 is 1.85 bits per heavy atom. The molecule has 3 rings (SSSR count). The third-order valence-electron chi connectivity index (χ3n) is 5.81. The fourth-order valence-electron chi connectivity index (χ4n) is 4.06. The van der Waals surface area contributed by atoms with E-state index >= 15 is 0 Å². The topological polar surface area (TPSA) is 38.8 Å². The number of piperazine rings is 1. The highest BCUT2D eigenvalue weighted by atomic mass is 16.2. The van der Waals surface area contributed by atoms with Crippen LogP contribution in [0.2, 0.25) is 0 Å². The number of benzene rings is 1. The van der Waals surface area contributed by atoms with Crippen molar-refractivity contribution in [3.8, 4) is 0 Å². The number of carbonyl (C=O) groups is 1. The number of rotatable bonds is 6. The standard InChI is InChI=1S/C21H34N4O/c1-2-23-13-15-25(16-14-23)21(26)22-17-20-9-6-11-24(18-20)12-10-19-7-4-3-5-8-19/h3-5,7-8,20H,2,6,9-18H2,1H3,(H,22,26).